The molecule has 176 valence electrons. The average molecular weight is 470 g/mol. The Bertz CT molecular complexity index is 1380. The molecule has 0 spiro atoms. The van der Waals surface area contributed by atoms with Gasteiger partial charge in [0.25, 0.3) is 0 Å². The van der Waals surface area contributed by atoms with Crippen LogP contribution in [0.4, 0.5) is 0 Å². The Morgan fingerprint density at radius 3 is 2.43 bits per heavy atom. The molecule has 0 bridgehead atoms. The van der Waals surface area contributed by atoms with Gasteiger partial charge in [-0.15, -0.1) is 0 Å². The lowest BCUT2D eigenvalue weighted by atomic mass is 10.0. The van der Waals surface area contributed by atoms with Gasteiger partial charge in [-0.2, -0.15) is 0 Å². The average Bonchev–Trinajstić information content (AvgIpc) is 3.18. The first-order valence-electron chi connectivity index (χ1n) is 11.0. The Balaban J connectivity index is 1.40. The van der Waals surface area contributed by atoms with Gasteiger partial charge >= 0.3 is 5.97 Å². The number of fused-ring (bicyclic) bond motifs is 2. The number of allylic oxidation sites excluding steroid dienone is 1. The number of para-hydroxylation sites is 1. The van der Waals surface area contributed by atoms with Crippen molar-refractivity contribution in [3.8, 4) is 28.7 Å². The van der Waals surface area contributed by atoms with Crippen molar-refractivity contribution >= 4 is 17.8 Å². The lowest BCUT2D eigenvalue weighted by Gasteiger charge is -2.22. The summed E-state index contributed by atoms with van der Waals surface area (Å²) in [5.41, 5.74) is 2.29. The zero-order valence-electron chi connectivity index (χ0n) is 19.4. The molecule has 0 fully saturated rings. The number of hydrogen-bond donors (Lipinski definition) is 0. The van der Waals surface area contributed by atoms with Gasteiger partial charge in [0.05, 0.1) is 19.8 Å². The summed E-state index contributed by atoms with van der Waals surface area (Å²) >= 11 is 0. The highest BCUT2D eigenvalue weighted by atomic mass is 16.5. The molecule has 0 aromatic heterocycles. The van der Waals surface area contributed by atoms with E-state index in [9.17, 15) is 9.59 Å². The highest BCUT2D eigenvalue weighted by Gasteiger charge is 2.30. The summed E-state index contributed by atoms with van der Waals surface area (Å²) in [6.07, 6.45) is 3.42. The first kappa shape index (κ1) is 22.3. The molecule has 0 radical (unpaired) electrons. The summed E-state index contributed by atoms with van der Waals surface area (Å²) in [5, 5.41) is 0. The molecule has 0 amide bonds. The third kappa shape index (κ3) is 4.12. The minimum atomic E-state index is -0.656. The number of esters is 1. The third-order valence-corrected chi connectivity index (χ3v) is 5.80. The molecule has 0 saturated carbocycles. The van der Waals surface area contributed by atoms with Crippen LogP contribution in [0, 0.1) is 0 Å². The Morgan fingerprint density at radius 2 is 1.69 bits per heavy atom. The number of rotatable bonds is 5. The van der Waals surface area contributed by atoms with Crippen molar-refractivity contribution in [3.63, 3.8) is 0 Å². The smallest absolute Gasteiger partial charge is 0.351 e. The van der Waals surface area contributed by atoms with E-state index in [-0.39, 0.29) is 29.0 Å². The molecule has 2 heterocycles. The minimum Gasteiger partial charge on any atom is -0.496 e. The highest BCUT2D eigenvalue weighted by molar-refractivity contribution is 6.12. The molecule has 1 atom stereocenters. The molecule has 3 aromatic carbocycles. The number of methoxy groups -OCH3 is 2. The van der Waals surface area contributed by atoms with Gasteiger partial charge in [-0.25, -0.2) is 4.79 Å². The molecule has 0 N–H and O–H groups in total. The second-order valence-corrected chi connectivity index (χ2v) is 7.97. The lowest BCUT2D eigenvalue weighted by Crippen LogP contribution is -2.18. The van der Waals surface area contributed by atoms with Gasteiger partial charge in [0.15, 0.2) is 5.76 Å². The maximum absolute atomic E-state index is 12.9. The summed E-state index contributed by atoms with van der Waals surface area (Å²) < 4.78 is 27.9. The van der Waals surface area contributed by atoms with E-state index in [1.54, 1.807) is 36.4 Å². The summed E-state index contributed by atoms with van der Waals surface area (Å²) in [7, 11) is 2.92. The summed E-state index contributed by atoms with van der Waals surface area (Å²) in [5.74, 6) is 1.24. The molecule has 7 nitrogen and oxygen atoms in total. The summed E-state index contributed by atoms with van der Waals surface area (Å²) in [6, 6.07) is 17.3. The van der Waals surface area contributed by atoms with Gasteiger partial charge in [-0.05, 0) is 55.0 Å². The van der Waals surface area contributed by atoms with Gasteiger partial charge in [0.1, 0.15) is 40.4 Å². The van der Waals surface area contributed by atoms with Crippen molar-refractivity contribution in [1.29, 1.82) is 0 Å². The number of ether oxygens (including phenoxy) is 5. The molecular formula is C28H22O7. The molecule has 2 aliphatic heterocycles. The van der Waals surface area contributed by atoms with Crippen molar-refractivity contribution in [3.05, 3.63) is 94.8 Å². The zero-order valence-corrected chi connectivity index (χ0v) is 19.4. The topological polar surface area (TPSA) is 80.3 Å². The van der Waals surface area contributed by atoms with E-state index >= 15 is 0 Å². The van der Waals surface area contributed by atoms with Gasteiger partial charge in [-0.3, -0.25) is 4.79 Å². The van der Waals surface area contributed by atoms with Crippen LogP contribution in [-0.4, -0.2) is 32.1 Å². The van der Waals surface area contributed by atoms with E-state index in [1.165, 1.54) is 20.3 Å². The fourth-order valence-corrected chi connectivity index (χ4v) is 4.01. The van der Waals surface area contributed by atoms with Crippen LogP contribution in [0.25, 0.3) is 6.08 Å². The van der Waals surface area contributed by atoms with Crippen molar-refractivity contribution in [1.82, 2.24) is 0 Å². The van der Waals surface area contributed by atoms with Gasteiger partial charge in [0, 0.05) is 11.6 Å². The number of ketones is 1. The maximum Gasteiger partial charge on any atom is 0.351 e. The second-order valence-electron chi connectivity index (χ2n) is 7.97. The first-order valence-corrected chi connectivity index (χ1v) is 11.0. The van der Waals surface area contributed by atoms with E-state index in [0.29, 0.717) is 22.8 Å². The van der Waals surface area contributed by atoms with E-state index < -0.39 is 5.97 Å². The molecular weight excluding hydrogens is 448 g/mol. The Kier molecular flexibility index (Phi) is 5.74. The Hall–Kier alpha value is -4.52. The number of carbonyl (C=O) groups excluding carboxylic acids is 2. The summed E-state index contributed by atoms with van der Waals surface area (Å²) in [6.45, 7) is 1.91. The number of Topliss-reactive ketones (excluding diaryl/α,β-unsaturated/α-hetero) is 1. The van der Waals surface area contributed by atoms with Crippen molar-refractivity contribution in [2.75, 3.05) is 14.2 Å². The molecule has 0 aliphatic carbocycles. The maximum atomic E-state index is 12.9. The molecule has 2 aliphatic rings. The quantitative estimate of drug-likeness (QED) is 0.286. The Morgan fingerprint density at radius 1 is 0.943 bits per heavy atom. The van der Waals surface area contributed by atoms with Crippen LogP contribution in [0.2, 0.25) is 0 Å². The molecule has 3 aromatic rings. The largest absolute Gasteiger partial charge is 0.496 e. The van der Waals surface area contributed by atoms with Gasteiger partial charge < -0.3 is 23.7 Å². The minimum absolute atomic E-state index is 0.161. The lowest BCUT2D eigenvalue weighted by molar-refractivity contribution is 0.0727. The fraction of sp³-hybridized carbons (Fsp3) is 0.143. The highest BCUT2D eigenvalue weighted by Crippen LogP contribution is 2.37. The number of benzene rings is 3. The number of carbonyl (C=O) groups is 2. The Labute approximate surface area is 202 Å². The molecule has 0 unspecified atom stereocenters. The van der Waals surface area contributed by atoms with Crippen LogP contribution in [-0.2, 0) is 0 Å². The van der Waals surface area contributed by atoms with E-state index in [4.69, 9.17) is 23.7 Å². The zero-order chi connectivity index (χ0) is 24.5. The van der Waals surface area contributed by atoms with Gasteiger partial charge in [-0.1, -0.05) is 24.3 Å². The van der Waals surface area contributed by atoms with E-state index in [0.717, 1.165) is 16.9 Å². The van der Waals surface area contributed by atoms with Gasteiger partial charge in [0.2, 0.25) is 5.78 Å². The van der Waals surface area contributed by atoms with Crippen molar-refractivity contribution < 1.29 is 33.3 Å². The molecule has 35 heavy (non-hydrogen) atoms. The predicted molar refractivity (Wildman–Crippen MR) is 128 cm³/mol. The van der Waals surface area contributed by atoms with E-state index in [1.807, 2.05) is 37.3 Å². The monoisotopic (exact) mass is 470 g/mol. The predicted octanol–water partition coefficient (Wildman–Crippen LogP) is 5.25. The van der Waals surface area contributed by atoms with Crippen LogP contribution < -0.4 is 23.7 Å². The van der Waals surface area contributed by atoms with E-state index in [2.05, 4.69) is 0 Å². The molecule has 0 saturated heterocycles. The number of hydrogen-bond acceptors (Lipinski definition) is 7. The summed E-state index contributed by atoms with van der Waals surface area (Å²) in [4.78, 5) is 25.8. The molecule has 5 rings (SSSR count). The first-order chi connectivity index (χ1) is 17.0. The van der Waals surface area contributed by atoms with Crippen molar-refractivity contribution in [2.24, 2.45) is 0 Å². The van der Waals surface area contributed by atoms with Crippen LogP contribution in [0.3, 0.4) is 0 Å². The third-order valence-electron chi connectivity index (χ3n) is 5.80. The van der Waals surface area contributed by atoms with Crippen molar-refractivity contribution in [2.45, 2.75) is 13.0 Å². The van der Waals surface area contributed by atoms with Crippen LogP contribution >= 0.6 is 0 Å². The van der Waals surface area contributed by atoms with Crippen LogP contribution in [0.5, 0.6) is 28.7 Å². The molecule has 7 heteroatoms. The van der Waals surface area contributed by atoms with Crippen LogP contribution in [0.1, 0.15) is 33.2 Å². The van der Waals surface area contributed by atoms with Crippen LogP contribution in [0.15, 0.2) is 78.1 Å². The normalized spacial score (nSPS) is 17.0. The fourth-order valence-electron chi connectivity index (χ4n) is 4.01. The standard InChI is InChI=1S/C28H22O7/c1-16-18(13-17-7-4-5-8-21(17)33-16)14-25-27(29)20-12-11-19(15-24(20)35-25)34-28(30)26-22(31-2)9-6-10-23(26)32-3/h4-16H,1-3H3/t16-/m0/s1. The SMILES string of the molecule is COc1cccc(OC)c1C(=O)Oc1ccc2c(c1)OC(=CC1=Cc3ccccc3O[C@H]1C)C2=O. The second kappa shape index (κ2) is 9.02.